The van der Waals surface area contributed by atoms with Gasteiger partial charge in [0, 0.05) is 44.5 Å². The number of methoxy groups -OCH3 is 1. The molecule has 0 aliphatic carbocycles. The summed E-state index contributed by atoms with van der Waals surface area (Å²) in [5, 5.41) is 10.4. The summed E-state index contributed by atoms with van der Waals surface area (Å²) in [6.07, 6.45) is 4.05. The molecule has 0 saturated heterocycles. The van der Waals surface area contributed by atoms with Crippen molar-refractivity contribution in [2.75, 3.05) is 45.8 Å². The maximum atomic E-state index is 12.6. The highest BCUT2D eigenvalue weighted by atomic mass is 16.5. The average molecular weight is 489 g/mol. The topological polar surface area (TPSA) is 62.2 Å². The Morgan fingerprint density at radius 1 is 1.03 bits per heavy atom. The molecule has 0 fully saturated rings. The molecule has 0 aliphatic rings. The number of phenols is 1. The normalized spacial score (nSPS) is 11.1. The predicted octanol–water partition coefficient (Wildman–Crippen LogP) is 5.65. The molecule has 6 heteroatoms. The molecule has 0 aliphatic heterocycles. The van der Waals surface area contributed by atoms with Crippen molar-refractivity contribution >= 4 is 17.5 Å². The molecule has 0 bridgehead atoms. The van der Waals surface area contributed by atoms with Crippen LogP contribution in [0, 0.1) is 0 Å². The van der Waals surface area contributed by atoms with Gasteiger partial charge in [0.05, 0.1) is 19.3 Å². The molecule has 190 valence electrons. The first kappa shape index (κ1) is 26.8. The summed E-state index contributed by atoms with van der Waals surface area (Å²) < 4.78 is 11.3. The minimum atomic E-state index is -0.259. The monoisotopic (exact) mass is 488 g/mol. The van der Waals surface area contributed by atoms with E-state index in [1.54, 1.807) is 25.3 Å². The Morgan fingerprint density at radius 2 is 1.78 bits per heavy atom. The van der Waals surface area contributed by atoms with E-state index >= 15 is 0 Å². The van der Waals surface area contributed by atoms with Crippen LogP contribution in [0.3, 0.4) is 0 Å². The number of hydrogen-bond acceptors (Lipinski definition) is 6. The van der Waals surface area contributed by atoms with Gasteiger partial charge in [0.15, 0.2) is 5.78 Å². The zero-order valence-electron chi connectivity index (χ0n) is 21.6. The number of carbonyl (C=O) groups is 1. The molecule has 0 amide bonds. The van der Waals surface area contributed by atoms with Crippen LogP contribution < -0.4 is 14.4 Å². The Balaban J connectivity index is 1.49. The smallest absolute Gasteiger partial charge is 0.189 e. The van der Waals surface area contributed by atoms with Crippen molar-refractivity contribution in [2.45, 2.75) is 19.9 Å². The van der Waals surface area contributed by atoms with Crippen LogP contribution in [0.15, 0.2) is 72.8 Å². The number of nitrogens with zero attached hydrogens (tertiary/aromatic N) is 2. The number of phenolic OH excluding ortho intramolecular Hbond substituents is 1. The highest BCUT2D eigenvalue weighted by Gasteiger charge is 2.11. The Morgan fingerprint density at radius 3 is 2.44 bits per heavy atom. The summed E-state index contributed by atoms with van der Waals surface area (Å²) in [6, 6.07) is 20.8. The molecule has 3 rings (SSSR count). The number of benzene rings is 3. The first-order chi connectivity index (χ1) is 17.4. The molecule has 3 aromatic carbocycles. The van der Waals surface area contributed by atoms with E-state index in [1.165, 1.54) is 12.1 Å². The van der Waals surface area contributed by atoms with Crippen LogP contribution in [-0.2, 0) is 6.54 Å². The van der Waals surface area contributed by atoms with Crippen LogP contribution in [-0.4, -0.2) is 56.7 Å². The maximum Gasteiger partial charge on any atom is 0.189 e. The maximum absolute atomic E-state index is 12.6. The highest BCUT2D eigenvalue weighted by molar-refractivity contribution is 6.08. The second-order valence-electron chi connectivity index (χ2n) is 8.75. The van der Waals surface area contributed by atoms with Gasteiger partial charge >= 0.3 is 0 Å². The molecule has 0 unspecified atom stereocenters. The number of rotatable bonds is 13. The van der Waals surface area contributed by atoms with Crippen LogP contribution in [0.5, 0.6) is 17.2 Å². The fraction of sp³-hybridized carbons (Fsp3) is 0.300. The average Bonchev–Trinajstić information content (AvgIpc) is 2.89. The van der Waals surface area contributed by atoms with Crippen molar-refractivity contribution < 1.29 is 19.4 Å². The van der Waals surface area contributed by atoms with Crippen molar-refractivity contribution in [3.8, 4) is 17.2 Å². The molecule has 0 radical (unpaired) electrons. The summed E-state index contributed by atoms with van der Waals surface area (Å²) in [5.74, 6) is 1.09. The van der Waals surface area contributed by atoms with E-state index in [4.69, 9.17) is 9.47 Å². The fourth-order valence-electron chi connectivity index (χ4n) is 3.86. The van der Waals surface area contributed by atoms with Crippen LogP contribution in [0.25, 0.3) is 6.08 Å². The second-order valence-corrected chi connectivity index (χ2v) is 8.75. The van der Waals surface area contributed by atoms with Gasteiger partial charge in [-0.1, -0.05) is 43.3 Å². The van der Waals surface area contributed by atoms with Crippen molar-refractivity contribution in [1.29, 1.82) is 0 Å². The molecule has 0 heterocycles. The van der Waals surface area contributed by atoms with Crippen molar-refractivity contribution in [2.24, 2.45) is 0 Å². The number of carbonyl (C=O) groups excluding carboxylic acids is 1. The van der Waals surface area contributed by atoms with E-state index in [0.717, 1.165) is 48.6 Å². The van der Waals surface area contributed by atoms with Gasteiger partial charge in [-0.2, -0.15) is 0 Å². The largest absolute Gasteiger partial charge is 0.507 e. The van der Waals surface area contributed by atoms with E-state index in [2.05, 4.69) is 17.9 Å². The molecule has 3 aromatic rings. The van der Waals surface area contributed by atoms with Gasteiger partial charge in [0.25, 0.3) is 0 Å². The van der Waals surface area contributed by atoms with Crippen molar-refractivity contribution in [3.63, 3.8) is 0 Å². The van der Waals surface area contributed by atoms with E-state index in [-0.39, 0.29) is 17.1 Å². The lowest BCUT2D eigenvalue weighted by molar-refractivity contribution is 0.104. The summed E-state index contributed by atoms with van der Waals surface area (Å²) in [7, 11) is 5.65. The number of aromatic hydroxyl groups is 1. The molecule has 1 N–H and O–H groups in total. The Hall–Kier alpha value is -3.77. The molecule has 36 heavy (non-hydrogen) atoms. The minimum Gasteiger partial charge on any atom is -0.507 e. The standard InChI is InChI=1S/C30H36N2O4/c1-5-32(22-24-9-6-7-10-30(24)35-4)19-8-20-36-26-16-17-27(29(34)21-26)28(33)18-13-23-11-14-25(15-12-23)31(2)3/h6-7,9-18,21,34H,5,8,19-20,22H2,1-4H3/b18-13+. The Bertz CT molecular complexity index is 1160. The molecular formula is C30H36N2O4. The van der Waals surface area contributed by atoms with Crippen LogP contribution in [0.2, 0.25) is 0 Å². The van der Waals surface area contributed by atoms with Gasteiger partial charge in [-0.05, 0) is 54.9 Å². The van der Waals surface area contributed by atoms with Crippen LogP contribution in [0.4, 0.5) is 5.69 Å². The molecule has 0 saturated carbocycles. The summed E-state index contributed by atoms with van der Waals surface area (Å²) >= 11 is 0. The highest BCUT2D eigenvalue weighted by Crippen LogP contribution is 2.25. The molecule has 6 nitrogen and oxygen atoms in total. The van der Waals surface area contributed by atoms with Crippen molar-refractivity contribution in [1.82, 2.24) is 4.90 Å². The SMILES string of the molecule is CCN(CCCOc1ccc(C(=O)/C=C/c2ccc(N(C)C)cc2)c(O)c1)Cc1ccccc1OC. The second kappa shape index (κ2) is 13.4. The minimum absolute atomic E-state index is 0.0866. The Labute approximate surface area is 214 Å². The van der Waals surface area contributed by atoms with Crippen LogP contribution >= 0.6 is 0 Å². The summed E-state index contributed by atoms with van der Waals surface area (Å²) in [4.78, 5) is 16.9. The number of allylic oxidation sites excluding steroid dienone is 1. The summed E-state index contributed by atoms with van der Waals surface area (Å²) in [5.41, 5.74) is 3.41. The molecule has 0 aromatic heterocycles. The number of ketones is 1. The van der Waals surface area contributed by atoms with Gasteiger partial charge in [-0.3, -0.25) is 9.69 Å². The van der Waals surface area contributed by atoms with Crippen LogP contribution in [0.1, 0.15) is 34.8 Å². The lowest BCUT2D eigenvalue weighted by Crippen LogP contribution is -2.25. The molecular weight excluding hydrogens is 452 g/mol. The van der Waals surface area contributed by atoms with Gasteiger partial charge in [-0.25, -0.2) is 0 Å². The van der Waals surface area contributed by atoms with Gasteiger partial charge in [-0.15, -0.1) is 0 Å². The first-order valence-electron chi connectivity index (χ1n) is 12.2. The third-order valence-electron chi connectivity index (χ3n) is 5.99. The molecule has 0 spiro atoms. The van der Waals surface area contributed by atoms with Gasteiger partial charge < -0.3 is 19.5 Å². The van der Waals surface area contributed by atoms with Gasteiger partial charge in [0.2, 0.25) is 0 Å². The van der Waals surface area contributed by atoms with Crippen molar-refractivity contribution in [3.05, 3.63) is 89.5 Å². The lowest BCUT2D eigenvalue weighted by Gasteiger charge is -2.21. The van der Waals surface area contributed by atoms with Gasteiger partial charge in [0.1, 0.15) is 17.2 Å². The first-order valence-corrected chi connectivity index (χ1v) is 12.2. The zero-order chi connectivity index (χ0) is 25.9. The summed E-state index contributed by atoms with van der Waals surface area (Å²) in [6.45, 7) is 5.25. The van der Waals surface area contributed by atoms with E-state index < -0.39 is 0 Å². The number of ether oxygens (including phenoxy) is 2. The lowest BCUT2D eigenvalue weighted by atomic mass is 10.1. The number of hydrogen-bond donors (Lipinski definition) is 1. The predicted molar refractivity (Wildman–Crippen MR) is 146 cm³/mol. The third kappa shape index (κ3) is 7.62. The van der Waals surface area contributed by atoms with E-state index in [9.17, 15) is 9.90 Å². The third-order valence-corrected chi connectivity index (χ3v) is 5.99. The fourth-order valence-corrected chi connectivity index (χ4v) is 3.86. The quantitative estimate of drug-likeness (QED) is 0.190. The number of anilines is 1. The van der Waals surface area contributed by atoms with E-state index in [1.807, 2.05) is 61.5 Å². The zero-order valence-corrected chi connectivity index (χ0v) is 21.6. The molecule has 0 atom stereocenters. The van der Waals surface area contributed by atoms with E-state index in [0.29, 0.717) is 12.4 Å². The number of para-hydroxylation sites is 1. The Kier molecular flexibility index (Phi) is 9.95.